The van der Waals surface area contributed by atoms with Gasteiger partial charge >= 0.3 is 0 Å². The second kappa shape index (κ2) is 8.32. The van der Waals surface area contributed by atoms with Crippen molar-refractivity contribution in [1.29, 1.82) is 5.26 Å². The first-order chi connectivity index (χ1) is 20.3. The van der Waals surface area contributed by atoms with Gasteiger partial charge < -0.3 is 9.13 Å². The molecule has 0 aliphatic carbocycles. The summed E-state index contributed by atoms with van der Waals surface area (Å²) in [6.07, 6.45) is 0. The summed E-state index contributed by atoms with van der Waals surface area (Å²) in [7, 11) is 0. The molecule has 4 heteroatoms. The van der Waals surface area contributed by atoms with Crippen molar-refractivity contribution in [2.75, 3.05) is 0 Å². The van der Waals surface area contributed by atoms with Gasteiger partial charge in [-0.05, 0) is 60.7 Å². The molecule has 0 aliphatic rings. The smallest absolute Gasteiger partial charge is 0.0991 e. The summed E-state index contributed by atoms with van der Waals surface area (Å²) in [6, 6.07) is 47.6. The van der Waals surface area contributed by atoms with Gasteiger partial charge in [-0.25, -0.2) is 0 Å². The molecule has 0 fully saturated rings. The van der Waals surface area contributed by atoms with Gasteiger partial charge in [-0.15, -0.1) is 11.3 Å². The lowest BCUT2D eigenvalue weighted by Crippen LogP contribution is -1.96. The first kappa shape index (κ1) is 22.4. The number of benzene rings is 6. The number of hydrogen-bond acceptors (Lipinski definition) is 2. The normalized spacial score (nSPS) is 11.9. The van der Waals surface area contributed by atoms with Crippen LogP contribution in [0.5, 0.6) is 0 Å². The minimum atomic E-state index is 0.675. The van der Waals surface area contributed by atoms with Crippen molar-refractivity contribution in [3.63, 3.8) is 0 Å². The molecule has 190 valence electrons. The van der Waals surface area contributed by atoms with E-state index in [0.29, 0.717) is 5.56 Å². The maximum Gasteiger partial charge on any atom is 0.0991 e. The van der Waals surface area contributed by atoms with Crippen molar-refractivity contribution in [3.05, 3.63) is 133 Å². The van der Waals surface area contributed by atoms with E-state index in [2.05, 4.69) is 130 Å². The van der Waals surface area contributed by atoms with Gasteiger partial charge in [0.25, 0.3) is 0 Å². The quantitative estimate of drug-likeness (QED) is 0.215. The second-order valence-electron chi connectivity index (χ2n) is 10.5. The average molecular weight is 540 g/mol. The summed E-state index contributed by atoms with van der Waals surface area (Å²) >= 11 is 1.86. The first-order valence-electron chi connectivity index (χ1n) is 13.7. The van der Waals surface area contributed by atoms with Crippen LogP contribution in [0.25, 0.3) is 75.2 Å². The Bertz CT molecular complexity index is 2550. The van der Waals surface area contributed by atoms with Crippen molar-refractivity contribution in [2.45, 2.75) is 0 Å². The largest absolute Gasteiger partial charge is 0.309 e. The van der Waals surface area contributed by atoms with Crippen LogP contribution in [-0.2, 0) is 0 Å². The van der Waals surface area contributed by atoms with Crippen molar-refractivity contribution < 1.29 is 0 Å². The minimum absolute atomic E-state index is 0.675. The van der Waals surface area contributed by atoms with Gasteiger partial charge in [0, 0.05) is 42.7 Å². The van der Waals surface area contributed by atoms with Crippen LogP contribution < -0.4 is 0 Å². The predicted octanol–water partition coefficient (Wildman–Crippen LogP) is 10.1. The molecule has 0 bridgehead atoms. The number of fused-ring (bicyclic) bond motifs is 9. The molecule has 0 atom stereocenters. The van der Waals surface area contributed by atoms with Crippen LogP contribution in [0.15, 0.2) is 127 Å². The summed E-state index contributed by atoms with van der Waals surface area (Å²) < 4.78 is 7.36. The highest BCUT2D eigenvalue weighted by atomic mass is 32.1. The zero-order chi connectivity index (χ0) is 27.1. The third-order valence-electron chi connectivity index (χ3n) is 8.34. The number of aromatic nitrogens is 2. The fourth-order valence-electron chi connectivity index (χ4n) is 6.59. The topological polar surface area (TPSA) is 33.6 Å². The van der Waals surface area contributed by atoms with Crippen LogP contribution in [0, 0.1) is 11.3 Å². The minimum Gasteiger partial charge on any atom is -0.309 e. The van der Waals surface area contributed by atoms with Gasteiger partial charge in [0.15, 0.2) is 0 Å². The fraction of sp³-hybridized carbons (Fsp3) is 0. The zero-order valence-corrected chi connectivity index (χ0v) is 22.7. The van der Waals surface area contributed by atoms with Crippen molar-refractivity contribution in [1.82, 2.24) is 9.13 Å². The number of nitrogens with zero attached hydrogens (tertiary/aromatic N) is 3. The summed E-state index contributed by atoms with van der Waals surface area (Å²) in [5.41, 5.74) is 7.62. The monoisotopic (exact) mass is 539 g/mol. The Morgan fingerprint density at radius 1 is 0.488 bits per heavy atom. The van der Waals surface area contributed by atoms with Crippen molar-refractivity contribution in [2.24, 2.45) is 0 Å². The molecule has 6 aromatic carbocycles. The van der Waals surface area contributed by atoms with Crippen LogP contribution in [-0.4, -0.2) is 9.13 Å². The van der Waals surface area contributed by atoms with E-state index >= 15 is 0 Å². The molecule has 3 heterocycles. The van der Waals surface area contributed by atoms with Crippen LogP contribution in [0.1, 0.15) is 5.56 Å². The third-order valence-corrected chi connectivity index (χ3v) is 9.55. The Balaban J connectivity index is 1.36. The maximum atomic E-state index is 9.56. The van der Waals surface area contributed by atoms with Crippen LogP contribution in [0.4, 0.5) is 0 Å². The van der Waals surface area contributed by atoms with Crippen LogP contribution in [0.2, 0.25) is 0 Å². The van der Waals surface area contributed by atoms with Crippen LogP contribution in [0.3, 0.4) is 0 Å². The standard InChI is InChI=1S/C37H21N3S/c38-22-23-16-18-33-29(20-23)25-8-1-4-12-31(25)39(33)24-17-19-34-30(21-24)26-9-2-5-13-32(26)40(34)35-14-7-11-28-27-10-3-6-15-36(27)41-37(28)35/h1-21H. The molecule has 0 saturated carbocycles. The predicted molar refractivity (Wildman–Crippen MR) is 173 cm³/mol. The highest BCUT2D eigenvalue weighted by Gasteiger charge is 2.18. The summed E-state index contributed by atoms with van der Waals surface area (Å²) in [4.78, 5) is 0. The van der Waals surface area contributed by atoms with E-state index in [-0.39, 0.29) is 0 Å². The number of rotatable bonds is 2. The molecule has 0 N–H and O–H groups in total. The first-order valence-corrected chi connectivity index (χ1v) is 14.5. The van der Waals surface area contributed by atoms with E-state index in [1.807, 2.05) is 23.5 Å². The molecule has 0 radical (unpaired) electrons. The lowest BCUT2D eigenvalue weighted by molar-refractivity contribution is 1.17. The molecule has 0 saturated heterocycles. The molecule has 9 aromatic rings. The number of para-hydroxylation sites is 2. The van der Waals surface area contributed by atoms with Crippen molar-refractivity contribution >= 4 is 75.1 Å². The zero-order valence-electron chi connectivity index (χ0n) is 21.9. The SMILES string of the molecule is N#Cc1ccc2c(c1)c1ccccc1n2-c1ccc2c(c1)c1ccccc1n2-c1cccc2c1sc1ccccc12. The molecule has 9 rings (SSSR count). The lowest BCUT2D eigenvalue weighted by Gasteiger charge is -2.11. The summed E-state index contributed by atoms with van der Waals surface area (Å²) in [5, 5.41) is 16.9. The Hall–Kier alpha value is -5.37. The Morgan fingerprint density at radius 3 is 1.90 bits per heavy atom. The van der Waals surface area contributed by atoms with Gasteiger partial charge in [0.05, 0.1) is 44.1 Å². The summed E-state index contributed by atoms with van der Waals surface area (Å²) in [6.45, 7) is 0. The molecule has 41 heavy (non-hydrogen) atoms. The van der Waals surface area contributed by atoms with Gasteiger partial charge in [0.1, 0.15) is 0 Å². The average Bonchev–Trinajstić information content (AvgIpc) is 3.68. The molecule has 0 spiro atoms. The Morgan fingerprint density at radius 2 is 1.10 bits per heavy atom. The third kappa shape index (κ3) is 3.07. The van der Waals surface area contributed by atoms with Gasteiger partial charge in [0.2, 0.25) is 0 Å². The highest BCUT2D eigenvalue weighted by molar-refractivity contribution is 7.26. The molecule has 0 unspecified atom stereocenters. The van der Waals surface area contributed by atoms with E-state index in [9.17, 15) is 5.26 Å². The number of thiophene rings is 1. The van der Waals surface area contributed by atoms with E-state index < -0.39 is 0 Å². The maximum absolute atomic E-state index is 9.56. The van der Waals surface area contributed by atoms with E-state index in [1.165, 1.54) is 47.7 Å². The lowest BCUT2D eigenvalue weighted by atomic mass is 10.1. The van der Waals surface area contributed by atoms with E-state index in [4.69, 9.17) is 0 Å². The molecular weight excluding hydrogens is 518 g/mol. The molecule has 0 amide bonds. The van der Waals surface area contributed by atoms with Gasteiger partial charge in [-0.1, -0.05) is 66.7 Å². The molecular formula is C37H21N3S. The van der Waals surface area contributed by atoms with E-state index in [0.717, 1.165) is 27.5 Å². The highest BCUT2D eigenvalue weighted by Crippen LogP contribution is 2.41. The second-order valence-corrected chi connectivity index (χ2v) is 11.6. The molecule has 0 aliphatic heterocycles. The van der Waals surface area contributed by atoms with Crippen LogP contribution >= 0.6 is 11.3 Å². The molecule has 3 aromatic heterocycles. The Labute approximate surface area is 239 Å². The number of hydrogen-bond donors (Lipinski definition) is 0. The van der Waals surface area contributed by atoms with Gasteiger partial charge in [-0.2, -0.15) is 5.26 Å². The van der Waals surface area contributed by atoms with Gasteiger partial charge in [-0.3, -0.25) is 0 Å². The number of nitriles is 1. The Kier molecular flexibility index (Phi) is 4.55. The fourth-order valence-corrected chi connectivity index (χ4v) is 7.79. The molecule has 3 nitrogen and oxygen atoms in total. The summed E-state index contributed by atoms with van der Waals surface area (Å²) in [5.74, 6) is 0. The van der Waals surface area contributed by atoms with E-state index in [1.54, 1.807) is 0 Å². The van der Waals surface area contributed by atoms with Crippen molar-refractivity contribution in [3.8, 4) is 17.4 Å².